The topological polar surface area (TPSA) is 42.9 Å². The van der Waals surface area contributed by atoms with Gasteiger partial charge in [0.05, 0.1) is 5.69 Å². The summed E-state index contributed by atoms with van der Waals surface area (Å²) < 4.78 is 3.91. The quantitative estimate of drug-likeness (QED) is 0.793. The van der Waals surface area contributed by atoms with Crippen molar-refractivity contribution in [3.8, 4) is 0 Å². The minimum Gasteiger partial charge on any atom is -0.288 e. The molecule has 0 bridgehead atoms. The van der Waals surface area contributed by atoms with Crippen molar-refractivity contribution in [2.75, 3.05) is 0 Å². The van der Waals surface area contributed by atoms with Gasteiger partial charge in [0.1, 0.15) is 4.88 Å². The van der Waals surface area contributed by atoms with Crippen LogP contribution in [-0.4, -0.2) is 15.4 Å². The zero-order valence-electron chi connectivity index (χ0n) is 11.0. The predicted octanol–water partition coefficient (Wildman–Crippen LogP) is 3.51. The van der Waals surface area contributed by atoms with Crippen LogP contribution < -0.4 is 0 Å². The second kappa shape index (κ2) is 4.98. The number of hydrogen-bond acceptors (Lipinski definition) is 4. The fraction of sp³-hybridized carbons (Fsp3) is 0.357. The van der Waals surface area contributed by atoms with Crippen molar-refractivity contribution < 1.29 is 4.79 Å². The highest BCUT2D eigenvalue weighted by atomic mass is 32.1. The summed E-state index contributed by atoms with van der Waals surface area (Å²) in [6.45, 7) is 8.04. The van der Waals surface area contributed by atoms with E-state index in [4.69, 9.17) is 0 Å². The SMILES string of the molecule is Cc1cccc(C(=O)c2snnc2C(C)C)c1C. The molecule has 18 heavy (non-hydrogen) atoms. The van der Waals surface area contributed by atoms with E-state index in [1.165, 1.54) is 11.5 Å². The molecule has 0 N–H and O–H groups in total. The Labute approximate surface area is 111 Å². The maximum absolute atomic E-state index is 12.5. The Morgan fingerprint density at radius 2 is 2.00 bits per heavy atom. The molecule has 94 valence electrons. The van der Waals surface area contributed by atoms with E-state index in [-0.39, 0.29) is 11.7 Å². The van der Waals surface area contributed by atoms with Crippen molar-refractivity contribution in [2.24, 2.45) is 0 Å². The van der Waals surface area contributed by atoms with Gasteiger partial charge in [-0.2, -0.15) is 0 Å². The third-order valence-corrected chi connectivity index (χ3v) is 3.86. The molecule has 1 heterocycles. The van der Waals surface area contributed by atoms with Crippen LogP contribution in [0.25, 0.3) is 0 Å². The number of rotatable bonds is 3. The van der Waals surface area contributed by atoms with Crippen LogP contribution in [0.1, 0.15) is 51.8 Å². The first kappa shape index (κ1) is 12.9. The van der Waals surface area contributed by atoms with E-state index in [1.807, 2.05) is 45.9 Å². The number of carbonyl (C=O) groups excluding carboxylic acids is 1. The van der Waals surface area contributed by atoms with Gasteiger partial charge in [-0.25, -0.2) is 0 Å². The lowest BCUT2D eigenvalue weighted by molar-refractivity contribution is 0.104. The van der Waals surface area contributed by atoms with Gasteiger partial charge in [-0.05, 0) is 42.4 Å². The Morgan fingerprint density at radius 3 is 2.67 bits per heavy atom. The molecule has 0 fully saturated rings. The maximum atomic E-state index is 12.5. The zero-order chi connectivity index (χ0) is 13.3. The average molecular weight is 260 g/mol. The number of hydrogen-bond donors (Lipinski definition) is 0. The van der Waals surface area contributed by atoms with Crippen LogP contribution in [0, 0.1) is 13.8 Å². The summed E-state index contributed by atoms with van der Waals surface area (Å²) in [7, 11) is 0. The highest BCUT2D eigenvalue weighted by molar-refractivity contribution is 7.08. The molecule has 0 aliphatic heterocycles. The normalized spacial score (nSPS) is 10.9. The van der Waals surface area contributed by atoms with Gasteiger partial charge in [0, 0.05) is 5.56 Å². The molecule has 0 unspecified atom stereocenters. The van der Waals surface area contributed by atoms with Crippen molar-refractivity contribution in [3.63, 3.8) is 0 Å². The number of aryl methyl sites for hydroxylation is 1. The predicted molar refractivity (Wildman–Crippen MR) is 73.3 cm³/mol. The Bertz CT molecular complexity index is 587. The van der Waals surface area contributed by atoms with Crippen molar-refractivity contribution in [1.29, 1.82) is 0 Å². The number of nitrogens with zero attached hydrogens (tertiary/aromatic N) is 2. The lowest BCUT2D eigenvalue weighted by Crippen LogP contribution is -2.06. The zero-order valence-corrected chi connectivity index (χ0v) is 11.8. The van der Waals surface area contributed by atoms with Gasteiger partial charge in [-0.15, -0.1) is 5.10 Å². The van der Waals surface area contributed by atoms with E-state index < -0.39 is 0 Å². The van der Waals surface area contributed by atoms with Crippen LogP contribution in [0.2, 0.25) is 0 Å². The van der Waals surface area contributed by atoms with Crippen LogP contribution in [0.5, 0.6) is 0 Å². The standard InChI is InChI=1S/C14H16N2OS/c1-8(2)12-14(18-16-15-12)13(17)11-7-5-6-9(3)10(11)4/h5-8H,1-4H3. The number of aromatic nitrogens is 2. The number of ketones is 1. The summed E-state index contributed by atoms with van der Waals surface area (Å²) in [5.41, 5.74) is 3.71. The summed E-state index contributed by atoms with van der Waals surface area (Å²) in [6.07, 6.45) is 0. The summed E-state index contributed by atoms with van der Waals surface area (Å²) in [5.74, 6) is 0.253. The second-order valence-corrected chi connectivity index (χ2v) is 5.47. The van der Waals surface area contributed by atoms with E-state index in [9.17, 15) is 4.79 Å². The Morgan fingerprint density at radius 1 is 1.28 bits per heavy atom. The van der Waals surface area contributed by atoms with Gasteiger partial charge in [0.15, 0.2) is 0 Å². The lowest BCUT2D eigenvalue weighted by atomic mass is 9.97. The van der Waals surface area contributed by atoms with Crippen molar-refractivity contribution in [3.05, 3.63) is 45.5 Å². The molecule has 3 nitrogen and oxygen atoms in total. The molecule has 0 aliphatic rings. The van der Waals surface area contributed by atoms with E-state index in [0.717, 1.165) is 22.4 Å². The minimum atomic E-state index is 0.0369. The smallest absolute Gasteiger partial charge is 0.206 e. The van der Waals surface area contributed by atoms with Gasteiger partial charge < -0.3 is 0 Å². The molecule has 0 aliphatic carbocycles. The molecule has 0 saturated heterocycles. The molecule has 1 aromatic carbocycles. The summed E-state index contributed by atoms with van der Waals surface area (Å²) in [5, 5.41) is 4.06. The summed E-state index contributed by atoms with van der Waals surface area (Å²) in [6, 6.07) is 5.80. The molecular formula is C14H16N2OS. The largest absolute Gasteiger partial charge is 0.288 e. The Hall–Kier alpha value is -1.55. The minimum absolute atomic E-state index is 0.0369. The highest BCUT2D eigenvalue weighted by Crippen LogP contribution is 2.24. The van der Waals surface area contributed by atoms with Crippen molar-refractivity contribution in [2.45, 2.75) is 33.6 Å². The van der Waals surface area contributed by atoms with Gasteiger partial charge >= 0.3 is 0 Å². The molecule has 0 saturated carbocycles. The van der Waals surface area contributed by atoms with Crippen LogP contribution in [0.4, 0.5) is 0 Å². The Kier molecular flexibility index (Phi) is 3.57. The lowest BCUT2D eigenvalue weighted by Gasteiger charge is -2.08. The highest BCUT2D eigenvalue weighted by Gasteiger charge is 2.21. The first-order chi connectivity index (χ1) is 8.52. The molecule has 0 amide bonds. The second-order valence-electron chi connectivity index (χ2n) is 4.72. The third-order valence-electron chi connectivity index (χ3n) is 3.12. The molecular weight excluding hydrogens is 244 g/mol. The van der Waals surface area contributed by atoms with Gasteiger partial charge in [-0.3, -0.25) is 4.79 Å². The molecule has 0 spiro atoms. The molecule has 0 radical (unpaired) electrons. The van der Waals surface area contributed by atoms with Crippen LogP contribution in [0.15, 0.2) is 18.2 Å². The Balaban J connectivity index is 2.49. The first-order valence-electron chi connectivity index (χ1n) is 5.95. The summed E-state index contributed by atoms with van der Waals surface area (Å²) in [4.78, 5) is 13.2. The van der Waals surface area contributed by atoms with Gasteiger partial charge in [0.25, 0.3) is 0 Å². The van der Waals surface area contributed by atoms with E-state index >= 15 is 0 Å². The number of carbonyl (C=O) groups is 1. The monoisotopic (exact) mass is 260 g/mol. The maximum Gasteiger partial charge on any atom is 0.206 e. The molecule has 4 heteroatoms. The third kappa shape index (κ3) is 2.20. The average Bonchev–Trinajstić information content (AvgIpc) is 2.81. The van der Waals surface area contributed by atoms with Crippen LogP contribution >= 0.6 is 11.5 Å². The van der Waals surface area contributed by atoms with Gasteiger partial charge in [-0.1, -0.05) is 36.5 Å². The first-order valence-corrected chi connectivity index (χ1v) is 6.73. The molecule has 2 rings (SSSR count). The summed E-state index contributed by atoms with van der Waals surface area (Å²) >= 11 is 1.18. The van der Waals surface area contributed by atoms with Crippen molar-refractivity contribution >= 4 is 17.3 Å². The molecule has 1 aromatic heterocycles. The van der Waals surface area contributed by atoms with Crippen LogP contribution in [-0.2, 0) is 0 Å². The fourth-order valence-electron chi connectivity index (χ4n) is 1.85. The van der Waals surface area contributed by atoms with E-state index in [0.29, 0.717) is 4.88 Å². The van der Waals surface area contributed by atoms with E-state index in [2.05, 4.69) is 9.59 Å². The number of benzene rings is 1. The fourth-order valence-corrected chi connectivity index (χ4v) is 2.63. The van der Waals surface area contributed by atoms with E-state index in [1.54, 1.807) is 0 Å². The molecule has 2 aromatic rings. The van der Waals surface area contributed by atoms with Crippen molar-refractivity contribution in [1.82, 2.24) is 9.59 Å². The van der Waals surface area contributed by atoms with Gasteiger partial charge in [0.2, 0.25) is 5.78 Å². The van der Waals surface area contributed by atoms with Crippen LogP contribution in [0.3, 0.4) is 0 Å². The molecule has 0 atom stereocenters.